The van der Waals surface area contributed by atoms with E-state index < -0.39 is 11.0 Å². The monoisotopic (exact) mass is 439 g/mol. The molecule has 1 amide bonds. The van der Waals surface area contributed by atoms with Crippen LogP contribution < -0.4 is 10.6 Å². The summed E-state index contributed by atoms with van der Waals surface area (Å²) in [6.07, 6.45) is 0. The van der Waals surface area contributed by atoms with Gasteiger partial charge in [-0.15, -0.1) is 0 Å². The molecule has 1 unspecified atom stereocenters. The lowest BCUT2D eigenvalue weighted by molar-refractivity contribution is -0.384. The Labute approximate surface area is 189 Å². The van der Waals surface area contributed by atoms with E-state index in [1.54, 1.807) is 12.1 Å². The summed E-state index contributed by atoms with van der Waals surface area (Å²) in [5.74, 6) is 0.366. The summed E-state index contributed by atoms with van der Waals surface area (Å²) in [7, 11) is 0. The third-order valence-electron chi connectivity index (χ3n) is 5.89. The van der Waals surface area contributed by atoms with Crippen LogP contribution in [0.5, 0.6) is 0 Å². The molecule has 0 spiro atoms. The highest BCUT2D eigenvalue weighted by Crippen LogP contribution is 2.40. The van der Waals surface area contributed by atoms with Gasteiger partial charge < -0.3 is 10.6 Å². The van der Waals surface area contributed by atoms with Crippen LogP contribution >= 0.6 is 0 Å². The predicted octanol–water partition coefficient (Wildman–Crippen LogP) is 5.18. The van der Waals surface area contributed by atoms with Gasteiger partial charge in [0.1, 0.15) is 0 Å². The minimum atomic E-state index is -0.515. The summed E-state index contributed by atoms with van der Waals surface area (Å²) in [4.78, 5) is 29.1. The van der Waals surface area contributed by atoms with Crippen molar-refractivity contribution >= 4 is 34.3 Å². The van der Waals surface area contributed by atoms with Crippen molar-refractivity contribution in [2.45, 2.75) is 19.9 Å². The second kappa shape index (κ2) is 7.90. The van der Waals surface area contributed by atoms with Crippen molar-refractivity contribution in [3.05, 3.63) is 105 Å². The average molecular weight is 439 g/mol. The molecular formula is C25H21N5O3. The number of benzene rings is 3. The molecule has 0 aliphatic carbocycles. The summed E-state index contributed by atoms with van der Waals surface area (Å²) < 4.78 is 1.97. The summed E-state index contributed by atoms with van der Waals surface area (Å²) in [5, 5.41) is 17.5. The first-order valence-electron chi connectivity index (χ1n) is 10.5. The van der Waals surface area contributed by atoms with Crippen LogP contribution in [0.4, 0.5) is 17.3 Å². The third kappa shape index (κ3) is 3.51. The van der Waals surface area contributed by atoms with E-state index in [1.165, 1.54) is 12.1 Å². The van der Waals surface area contributed by atoms with Gasteiger partial charge in [0.25, 0.3) is 11.6 Å². The van der Waals surface area contributed by atoms with Crippen molar-refractivity contribution in [3.8, 4) is 0 Å². The Morgan fingerprint density at radius 1 is 1.03 bits per heavy atom. The lowest BCUT2D eigenvalue weighted by atomic mass is 9.94. The van der Waals surface area contributed by atoms with Crippen LogP contribution in [-0.4, -0.2) is 20.4 Å². The number of aryl methyl sites for hydroxylation is 1. The van der Waals surface area contributed by atoms with Gasteiger partial charge in [0.2, 0.25) is 5.95 Å². The Hall–Kier alpha value is -4.46. The van der Waals surface area contributed by atoms with Crippen LogP contribution in [0.1, 0.15) is 24.1 Å². The predicted molar refractivity (Wildman–Crippen MR) is 127 cm³/mol. The molecule has 1 atom stereocenters. The number of amides is 1. The zero-order valence-electron chi connectivity index (χ0n) is 18.1. The van der Waals surface area contributed by atoms with Crippen molar-refractivity contribution in [3.63, 3.8) is 0 Å². The molecule has 1 aromatic heterocycles. The molecule has 8 nitrogen and oxygen atoms in total. The average Bonchev–Trinajstić information content (AvgIpc) is 3.17. The number of nitrogens with one attached hydrogen (secondary N) is 2. The summed E-state index contributed by atoms with van der Waals surface area (Å²) >= 11 is 0. The number of hydrogen-bond donors (Lipinski definition) is 2. The molecule has 1 aliphatic heterocycles. The number of para-hydroxylation sites is 3. The first-order valence-corrected chi connectivity index (χ1v) is 10.5. The molecule has 2 heterocycles. The maximum Gasteiger partial charge on any atom is 0.269 e. The van der Waals surface area contributed by atoms with E-state index in [0.29, 0.717) is 17.2 Å². The molecule has 0 saturated carbocycles. The van der Waals surface area contributed by atoms with Crippen LogP contribution in [0.2, 0.25) is 0 Å². The van der Waals surface area contributed by atoms with Crippen molar-refractivity contribution in [1.29, 1.82) is 0 Å². The number of nitro groups is 1. The number of nitrogens with zero attached hydrogens (tertiary/aromatic N) is 3. The Kier molecular flexibility index (Phi) is 4.90. The van der Waals surface area contributed by atoms with E-state index >= 15 is 0 Å². The third-order valence-corrected chi connectivity index (χ3v) is 5.89. The van der Waals surface area contributed by atoms with E-state index in [0.717, 1.165) is 27.8 Å². The normalized spacial score (nSPS) is 15.2. The fraction of sp³-hybridized carbons (Fsp3) is 0.120. The zero-order valence-corrected chi connectivity index (χ0v) is 18.1. The molecule has 0 radical (unpaired) electrons. The summed E-state index contributed by atoms with van der Waals surface area (Å²) in [5.41, 5.74) is 5.27. The molecule has 4 aromatic rings. The maximum atomic E-state index is 13.6. The number of hydrogen-bond acceptors (Lipinski definition) is 5. The summed E-state index contributed by atoms with van der Waals surface area (Å²) in [6.45, 7) is 3.78. The molecule has 3 aromatic carbocycles. The van der Waals surface area contributed by atoms with Crippen LogP contribution in [0.25, 0.3) is 11.0 Å². The zero-order chi connectivity index (χ0) is 23.1. The van der Waals surface area contributed by atoms with Crippen LogP contribution in [0.15, 0.2) is 84.1 Å². The summed E-state index contributed by atoms with van der Waals surface area (Å²) in [6, 6.07) is 21.1. The largest absolute Gasteiger partial charge is 0.329 e. The van der Waals surface area contributed by atoms with E-state index in [2.05, 4.69) is 10.6 Å². The van der Waals surface area contributed by atoms with E-state index in [9.17, 15) is 14.9 Å². The smallest absolute Gasteiger partial charge is 0.269 e. The molecular weight excluding hydrogens is 418 g/mol. The van der Waals surface area contributed by atoms with Crippen LogP contribution in [-0.2, 0) is 4.79 Å². The van der Waals surface area contributed by atoms with Gasteiger partial charge in [0.15, 0.2) is 0 Å². The van der Waals surface area contributed by atoms with Gasteiger partial charge >= 0.3 is 0 Å². The standard InChI is InChI=1S/C25H21N5O3/c1-15-7-3-4-8-19(15)27-24(31)22-16(2)26-25-28-20-9-5-6-10-21(20)29(25)23(22)17-11-13-18(14-12-17)30(32)33/h3-14,23H,1-2H3,(H,26,28)(H,27,31). The van der Waals surface area contributed by atoms with Crippen LogP contribution in [0, 0.1) is 17.0 Å². The fourth-order valence-corrected chi connectivity index (χ4v) is 4.25. The topological polar surface area (TPSA) is 102 Å². The maximum absolute atomic E-state index is 13.6. The molecule has 0 bridgehead atoms. The number of imidazole rings is 1. The Morgan fingerprint density at radius 2 is 1.73 bits per heavy atom. The lowest BCUT2D eigenvalue weighted by Crippen LogP contribution is -2.31. The second-order valence-electron chi connectivity index (χ2n) is 7.98. The Bertz CT molecular complexity index is 1440. The van der Waals surface area contributed by atoms with Gasteiger partial charge in [0.05, 0.1) is 27.6 Å². The van der Waals surface area contributed by atoms with Gasteiger partial charge in [-0.3, -0.25) is 19.5 Å². The quantitative estimate of drug-likeness (QED) is 0.337. The van der Waals surface area contributed by atoms with Crippen LogP contribution in [0.3, 0.4) is 0 Å². The molecule has 2 N–H and O–H groups in total. The van der Waals surface area contributed by atoms with Crippen molar-refractivity contribution in [1.82, 2.24) is 9.55 Å². The number of nitro benzene ring substituents is 1. The molecule has 0 saturated heterocycles. The highest BCUT2D eigenvalue weighted by Gasteiger charge is 2.34. The molecule has 8 heteroatoms. The van der Waals surface area contributed by atoms with E-state index in [4.69, 9.17) is 4.98 Å². The van der Waals surface area contributed by atoms with E-state index in [1.807, 2.05) is 66.9 Å². The number of fused-ring (bicyclic) bond motifs is 3. The minimum Gasteiger partial charge on any atom is -0.329 e. The Balaban J connectivity index is 1.67. The highest BCUT2D eigenvalue weighted by molar-refractivity contribution is 6.06. The molecule has 33 heavy (non-hydrogen) atoms. The molecule has 164 valence electrons. The molecule has 1 aliphatic rings. The number of allylic oxidation sites excluding steroid dienone is 1. The number of carbonyl (C=O) groups excluding carboxylic acids is 1. The van der Waals surface area contributed by atoms with Gasteiger partial charge in [-0.25, -0.2) is 4.98 Å². The van der Waals surface area contributed by atoms with Gasteiger partial charge in [-0.2, -0.15) is 0 Å². The molecule has 5 rings (SSSR count). The number of rotatable bonds is 4. The van der Waals surface area contributed by atoms with Gasteiger partial charge in [-0.1, -0.05) is 30.3 Å². The molecule has 0 fully saturated rings. The SMILES string of the molecule is CC1=C(C(=O)Nc2ccccc2C)C(c2ccc([N+](=O)[O-])cc2)n2c(nc3ccccc32)N1. The van der Waals surface area contributed by atoms with Gasteiger partial charge in [0, 0.05) is 23.5 Å². The first-order chi connectivity index (χ1) is 15.9. The number of non-ortho nitro benzene ring substituents is 1. The highest BCUT2D eigenvalue weighted by atomic mass is 16.6. The number of carbonyl (C=O) groups is 1. The number of anilines is 2. The second-order valence-corrected chi connectivity index (χ2v) is 7.98. The van der Waals surface area contributed by atoms with Crippen molar-refractivity contribution < 1.29 is 9.72 Å². The Morgan fingerprint density at radius 3 is 2.45 bits per heavy atom. The first kappa shape index (κ1) is 20.4. The van der Waals surface area contributed by atoms with Crippen molar-refractivity contribution in [2.24, 2.45) is 0 Å². The minimum absolute atomic E-state index is 0.00462. The van der Waals surface area contributed by atoms with Crippen molar-refractivity contribution in [2.75, 3.05) is 10.6 Å². The van der Waals surface area contributed by atoms with Gasteiger partial charge in [-0.05, 0) is 55.3 Å². The van der Waals surface area contributed by atoms with E-state index in [-0.39, 0.29) is 11.6 Å². The fourth-order valence-electron chi connectivity index (χ4n) is 4.25. The number of aromatic nitrogens is 2. The lowest BCUT2D eigenvalue weighted by Gasteiger charge is -2.30.